The molecular weight excluding hydrogens is 314 g/mol. The maximum Gasteiger partial charge on any atom is 0.342 e. The first kappa shape index (κ1) is 15.2. The summed E-state index contributed by atoms with van der Waals surface area (Å²) in [4.78, 5) is 15.9. The number of para-hydroxylation sites is 2. The quantitative estimate of drug-likeness (QED) is 0.563. The SMILES string of the molecule is COc1cccc(/C=C(\Sc2nc3ccccc3o2)C(=O)O)c1. The predicted octanol–water partition coefficient (Wildman–Crippen LogP) is 4.05. The molecule has 0 saturated carbocycles. The number of carboxylic acids is 1. The van der Waals surface area contributed by atoms with E-state index in [9.17, 15) is 9.90 Å². The number of thioether (sulfide) groups is 1. The van der Waals surface area contributed by atoms with Crippen molar-refractivity contribution in [2.45, 2.75) is 5.22 Å². The van der Waals surface area contributed by atoms with Crippen LogP contribution in [0.3, 0.4) is 0 Å². The van der Waals surface area contributed by atoms with Crippen molar-refractivity contribution in [1.82, 2.24) is 4.98 Å². The summed E-state index contributed by atoms with van der Waals surface area (Å²) >= 11 is 0.974. The first-order valence-electron chi connectivity index (χ1n) is 6.78. The number of rotatable bonds is 5. The van der Waals surface area contributed by atoms with Crippen LogP contribution in [0.15, 0.2) is 63.1 Å². The molecule has 0 aliphatic carbocycles. The van der Waals surface area contributed by atoms with Gasteiger partial charge in [-0.1, -0.05) is 24.3 Å². The summed E-state index contributed by atoms with van der Waals surface area (Å²) < 4.78 is 10.7. The van der Waals surface area contributed by atoms with Gasteiger partial charge in [-0.2, -0.15) is 0 Å². The zero-order chi connectivity index (χ0) is 16.2. The molecule has 1 N–H and O–H groups in total. The molecule has 2 aromatic carbocycles. The van der Waals surface area contributed by atoms with Gasteiger partial charge < -0.3 is 14.3 Å². The summed E-state index contributed by atoms with van der Waals surface area (Å²) in [5.41, 5.74) is 2.05. The number of oxazole rings is 1. The molecule has 23 heavy (non-hydrogen) atoms. The van der Waals surface area contributed by atoms with Crippen LogP contribution in [0, 0.1) is 0 Å². The Morgan fingerprint density at radius 3 is 2.83 bits per heavy atom. The van der Waals surface area contributed by atoms with Gasteiger partial charge in [0.15, 0.2) is 5.58 Å². The van der Waals surface area contributed by atoms with Crippen LogP contribution in [0.25, 0.3) is 17.2 Å². The Morgan fingerprint density at radius 2 is 2.09 bits per heavy atom. The van der Waals surface area contributed by atoms with Crippen LogP contribution in [0.1, 0.15) is 5.56 Å². The van der Waals surface area contributed by atoms with E-state index in [1.165, 1.54) is 0 Å². The standard InChI is InChI=1S/C17H13NO4S/c1-21-12-6-4-5-11(9-12)10-15(16(19)20)23-17-18-13-7-2-3-8-14(13)22-17/h2-10H,1H3,(H,19,20)/b15-10-. The molecule has 0 aliphatic heterocycles. The zero-order valence-corrected chi connectivity index (χ0v) is 13.0. The van der Waals surface area contributed by atoms with E-state index in [1.807, 2.05) is 18.2 Å². The van der Waals surface area contributed by atoms with Crippen LogP contribution in [-0.4, -0.2) is 23.2 Å². The van der Waals surface area contributed by atoms with E-state index >= 15 is 0 Å². The second-order valence-electron chi connectivity index (χ2n) is 4.64. The third kappa shape index (κ3) is 3.54. The third-order valence-corrected chi connectivity index (χ3v) is 3.94. The maximum absolute atomic E-state index is 11.5. The molecule has 0 radical (unpaired) electrons. The molecule has 3 aromatic rings. The largest absolute Gasteiger partial charge is 0.497 e. The fraction of sp³-hybridized carbons (Fsp3) is 0.0588. The van der Waals surface area contributed by atoms with Crippen molar-refractivity contribution in [2.75, 3.05) is 7.11 Å². The molecule has 6 heteroatoms. The number of hydrogen-bond acceptors (Lipinski definition) is 5. The number of fused-ring (bicyclic) bond motifs is 1. The second-order valence-corrected chi connectivity index (χ2v) is 5.63. The van der Waals surface area contributed by atoms with Gasteiger partial charge in [-0.05, 0) is 47.7 Å². The highest BCUT2D eigenvalue weighted by molar-refractivity contribution is 8.03. The number of carbonyl (C=O) groups is 1. The van der Waals surface area contributed by atoms with Crippen molar-refractivity contribution in [3.05, 3.63) is 59.0 Å². The molecule has 116 valence electrons. The number of aromatic nitrogens is 1. The number of methoxy groups -OCH3 is 1. The highest BCUT2D eigenvalue weighted by Crippen LogP contribution is 2.31. The van der Waals surface area contributed by atoms with E-state index in [1.54, 1.807) is 43.5 Å². The number of hydrogen-bond donors (Lipinski definition) is 1. The minimum atomic E-state index is -1.04. The molecule has 0 atom stereocenters. The number of carboxylic acid groups (broad SMARTS) is 1. The van der Waals surface area contributed by atoms with Crippen LogP contribution in [0.2, 0.25) is 0 Å². The Labute approximate surface area is 136 Å². The Kier molecular flexibility index (Phi) is 4.34. The molecule has 1 heterocycles. The van der Waals surface area contributed by atoms with Gasteiger partial charge in [0.25, 0.3) is 5.22 Å². The first-order chi connectivity index (χ1) is 11.2. The van der Waals surface area contributed by atoms with Crippen LogP contribution in [0.5, 0.6) is 5.75 Å². The lowest BCUT2D eigenvalue weighted by Gasteiger charge is -2.02. The summed E-state index contributed by atoms with van der Waals surface area (Å²) in [5, 5.41) is 9.70. The lowest BCUT2D eigenvalue weighted by Crippen LogP contribution is -1.96. The van der Waals surface area contributed by atoms with Gasteiger partial charge in [0.05, 0.1) is 7.11 Å². The van der Waals surface area contributed by atoms with E-state index in [0.717, 1.165) is 17.3 Å². The second kappa shape index (κ2) is 6.58. The van der Waals surface area contributed by atoms with Gasteiger partial charge >= 0.3 is 5.97 Å². The first-order valence-corrected chi connectivity index (χ1v) is 7.60. The van der Waals surface area contributed by atoms with Gasteiger partial charge in [0, 0.05) is 0 Å². The number of aliphatic carboxylic acids is 1. The van der Waals surface area contributed by atoms with E-state index in [0.29, 0.717) is 22.1 Å². The molecule has 3 rings (SSSR count). The average molecular weight is 327 g/mol. The molecule has 0 spiro atoms. The van der Waals surface area contributed by atoms with Crippen molar-refractivity contribution < 1.29 is 19.1 Å². The summed E-state index contributed by atoms with van der Waals surface area (Å²) in [6, 6.07) is 14.5. The Balaban J connectivity index is 1.91. The number of ether oxygens (including phenoxy) is 1. The van der Waals surface area contributed by atoms with Crippen molar-refractivity contribution in [1.29, 1.82) is 0 Å². The van der Waals surface area contributed by atoms with Crippen molar-refractivity contribution in [2.24, 2.45) is 0 Å². The minimum absolute atomic E-state index is 0.116. The monoisotopic (exact) mass is 327 g/mol. The van der Waals surface area contributed by atoms with E-state index in [2.05, 4.69) is 4.98 Å². The van der Waals surface area contributed by atoms with Crippen molar-refractivity contribution in [3.63, 3.8) is 0 Å². The molecule has 0 amide bonds. The lowest BCUT2D eigenvalue weighted by atomic mass is 10.2. The smallest absolute Gasteiger partial charge is 0.342 e. The van der Waals surface area contributed by atoms with Gasteiger partial charge in [0.1, 0.15) is 16.2 Å². The van der Waals surface area contributed by atoms with Crippen molar-refractivity contribution in [3.8, 4) is 5.75 Å². The van der Waals surface area contributed by atoms with Crippen LogP contribution >= 0.6 is 11.8 Å². The van der Waals surface area contributed by atoms with E-state index < -0.39 is 5.97 Å². The Bertz CT molecular complexity index is 852. The van der Waals surface area contributed by atoms with Crippen LogP contribution in [0.4, 0.5) is 0 Å². The van der Waals surface area contributed by atoms with E-state index in [4.69, 9.17) is 9.15 Å². The number of benzene rings is 2. The Morgan fingerprint density at radius 1 is 1.26 bits per heavy atom. The highest BCUT2D eigenvalue weighted by atomic mass is 32.2. The topological polar surface area (TPSA) is 72.6 Å². The van der Waals surface area contributed by atoms with E-state index in [-0.39, 0.29) is 4.91 Å². The molecule has 0 fully saturated rings. The van der Waals surface area contributed by atoms with Crippen LogP contribution < -0.4 is 4.74 Å². The van der Waals surface area contributed by atoms with Gasteiger partial charge in [-0.15, -0.1) is 0 Å². The number of nitrogens with zero attached hydrogens (tertiary/aromatic N) is 1. The summed E-state index contributed by atoms with van der Waals surface area (Å²) in [6.45, 7) is 0. The zero-order valence-electron chi connectivity index (χ0n) is 12.2. The fourth-order valence-electron chi connectivity index (χ4n) is 2.01. The molecule has 5 nitrogen and oxygen atoms in total. The summed E-state index contributed by atoms with van der Waals surface area (Å²) in [7, 11) is 1.56. The molecule has 0 saturated heterocycles. The molecular formula is C17H13NO4S. The molecule has 0 bridgehead atoms. The fourth-order valence-corrected chi connectivity index (χ4v) is 2.75. The molecule has 0 unspecified atom stereocenters. The normalized spacial score (nSPS) is 11.6. The average Bonchev–Trinajstić information content (AvgIpc) is 2.96. The predicted molar refractivity (Wildman–Crippen MR) is 88.5 cm³/mol. The Hall–Kier alpha value is -2.73. The van der Waals surface area contributed by atoms with Crippen LogP contribution in [-0.2, 0) is 4.79 Å². The summed E-state index contributed by atoms with van der Waals surface area (Å²) in [6.07, 6.45) is 1.56. The molecule has 1 aromatic heterocycles. The lowest BCUT2D eigenvalue weighted by molar-refractivity contribution is -0.131. The van der Waals surface area contributed by atoms with Gasteiger partial charge in [-0.25, -0.2) is 9.78 Å². The van der Waals surface area contributed by atoms with Crippen molar-refractivity contribution >= 4 is 34.9 Å². The minimum Gasteiger partial charge on any atom is -0.497 e. The molecule has 0 aliphatic rings. The van der Waals surface area contributed by atoms with Gasteiger partial charge in [0.2, 0.25) is 0 Å². The third-order valence-electron chi connectivity index (χ3n) is 3.07. The van der Waals surface area contributed by atoms with Gasteiger partial charge in [-0.3, -0.25) is 0 Å². The highest BCUT2D eigenvalue weighted by Gasteiger charge is 2.14. The maximum atomic E-state index is 11.5. The summed E-state index contributed by atoms with van der Waals surface area (Å²) in [5.74, 6) is -0.379.